The Balaban J connectivity index is 1.84. The van der Waals surface area contributed by atoms with E-state index in [0.717, 1.165) is 27.6 Å². The molecule has 4 heteroatoms. The van der Waals surface area contributed by atoms with Gasteiger partial charge in [-0.3, -0.25) is 0 Å². The van der Waals surface area contributed by atoms with Gasteiger partial charge < -0.3 is 0 Å². The summed E-state index contributed by atoms with van der Waals surface area (Å²) in [5.74, 6) is 0.597. The average Bonchev–Trinajstić information content (AvgIpc) is 2.99. The van der Waals surface area contributed by atoms with Crippen molar-refractivity contribution in [3.63, 3.8) is 0 Å². The summed E-state index contributed by atoms with van der Waals surface area (Å²) in [5, 5.41) is 5.57. The van der Waals surface area contributed by atoms with Crippen molar-refractivity contribution < 1.29 is 0 Å². The Kier molecular flexibility index (Phi) is 3.82. The standard InChI is InChI=1S/C19H20ClN3/c1-13-10-18(14-6-3-2-4-7-14)23-19(21-13)12-17(22-23)15-8-5-9-16(20)11-15/h5,8-12,14H,2-4,6-7H2,1H3. The van der Waals surface area contributed by atoms with Crippen molar-refractivity contribution in [1.82, 2.24) is 14.6 Å². The molecule has 1 fully saturated rings. The van der Waals surface area contributed by atoms with Crippen molar-refractivity contribution in [3.8, 4) is 11.3 Å². The lowest BCUT2D eigenvalue weighted by Gasteiger charge is -2.22. The summed E-state index contributed by atoms with van der Waals surface area (Å²) >= 11 is 6.12. The summed E-state index contributed by atoms with van der Waals surface area (Å²) in [7, 11) is 0. The van der Waals surface area contributed by atoms with E-state index in [2.05, 4.69) is 24.0 Å². The summed E-state index contributed by atoms with van der Waals surface area (Å²) in [6, 6.07) is 12.1. The fourth-order valence-electron chi connectivity index (χ4n) is 3.61. The first-order valence-electron chi connectivity index (χ1n) is 8.34. The van der Waals surface area contributed by atoms with Gasteiger partial charge in [0, 0.05) is 34.0 Å². The van der Waals surface area contributed by atoms with Gasteiger partial charge >= 0.3 is 0 Å². The summed E-state index contributed by atoms with van der Waals surface area (Å²) < 4.78 is 2.04. The van der Waals surface area contributed by atoms with Crippen LogP contribution < -0.4 is 0 Å². The van der Waals surface area contributed by atoms with Gasteiger partial charge in [0.25, 0.3) is 0 Å². The van der Waals surface area contributed by atoms with Crippen molar-refractivity contribution in [2.75, 3.05) is 0 Å². The van der Waals surface area contributed by atoms with Gasteiger partial charge in [-0.05, 0) is 38.0 Å². The third-order valence-corrected chi connectivity index (χ3v) is 4.96. The molecular formula is C19H20ClN3. The van der Waals surface area contributed by atoms with Crippen LogP contribution in [-0.2, 0) is 0 Å². The molecule has 0 aliphatic heterocycles. The number of hydrogen-bond acceptors (Lipinski definition) is 2. The molecule has 0 N–H and O–H groups in total. The van der Waals surface area contributed by atoms with Gasteiger partial charge in [0.05, 0.1) is 5.69 Å². The second-order valence-electron chi connectivity index (χ2n) is 6.47. The highest BCUT2D eigenvalue weighted by molar-refractivity contribution is 6.30. The van der Waals surface area contributed by atoms with Crippen molar-refractivity contribution in [3.05, 3.63) is 52.8 Å². The number of fused-ring (bicyclic) bond motifs is 1. The molecule has 2 heterocycles. The third kappa shape index (κ3) is 2.86. The molecule has 1 aliphatic carbocycles. The lowest BCUT2D eigenvalue weighted by Crippen LogP contribution is -2.11. The molecule has 0 atom stereocenters. The summed E-state index contributed by atoms with van der Waals surface area (Å²) in [4.78, 5) is 4.67. The van der Waals surface area contributed by atoms with Crippen molar-refractivity contribution in [2.45, 2.75) is 44.9 Å². The minimum Gasteiger partial charge on any atom is -0.234 e. The molecule has 0 unspecified atom stereocenters. The van der Waals surface area contributed by atoms with Gasteiger partial charge in [-0.25, -0.2) is 9.50 Å². The van der Waals surface area contributed by atoms with Crippen LogP contribution in [0.1, 0.15) is 49.4 Å². The highest BCUT2D eigenvalue weighted by atomic mass is 35.5. The number of aryl methyl sites for hydroxylation is 1. The topological polar surface area (TPSA) is 30.2 Å². The van der Waals surface area contributed by atoms with E-state index in [0.29, 0.717) is 5.92 Å². The van der Waals surface area contributed by atoms with Crippen molar-refractivity contribution >= 4 is 17.2 Å². The van der Waals surface area contributed by atoms with E-state index < -0.39 is 0 Å². The number of aromatic nitrogens is 3. The third-order valence-electron chi connectivity index (χ3n) is 4.73. The predicted octanol–water partition coefficient (Wildman–Crippen LogP) is 5.41. The van der Waals surface area contributed by atoms with Crippen LogP contribution in [0.15, 0.2) is 36.4 Å². The van der Waals surface area contributed by atoms with E-state index in [1.54, 1.807) is 0 Å². The van der Waals surface area contributed by atoms with E-state index in [1.165, 1.54) is 37.8 Å². The highest BCUT2D eigenvalue weighted by Crippen LogP contribution is 2.33. The second kappa shape index (κ2) is 5.97. The number of rotatable bonds is 2. The maximum Gasteiger partial charge on any atom is 0.156 e. The van der Waals surface area contributed by atoms with Gasteiger partial charge in [-0.15, -0.1) is 0 Å². The molecule has 0 radical (unpaired) electrons. The Labute approximate surface area is 141 Å². The molecule has 1 aliphatic rings. The quantitative estimate of drug-likeness (QED) is 0.631. The SMILES string of the molecule is Cc1cc(C2CCCCC2)n2nc(-c3cccc(Cl)c3)cc2n1. The lowest BCUT2D eigenvalue weighted by molar-refractivity contribution is 0.430. The van der Waals surface area contributed by atoms with Crippen molar-refractivity contribution in [1.29, 1.82) is 0 Å². The van der Waals surface area contributed by atoms with Crippen LogP contribution in [-0.4, -0.2) is 14.6 Å². The first-order chi connectivity index (χ1) is 11.2. The van der Waals surface area contributed by atoms with Crippen LogP contribution in [0, 0.1) is 6.92 Å². The van der Waals surface area contributed by atoms with Gasteiger partial charge in [-0.2, -0.15) is 5.10 Å². The molecule has 3 aromatic rings. The summed E-state index contributed by atoms with van der Waals surface area (Å²) in [6.45, 7) is 2.07. The number of halogens is 1. The Bertz CT molecular complexity index is 847. The van der Waals surface area contributed by atoms with Crippen LogP contribution in [0.5, 0.6) is 0 Å². The Hall–Kier alpha value is -1.87. The summed E-state index contributed by atoms with van der Waals surface area (Å²) in [6.07, 6.45) is 6.50. The molecule has 0 saturated heterocycles. The largest absolute Gasteiger partial charge is 0.234 e. The molecule has 23 heavy (non-hydrogen) atoms. The summed E-state index contributed by atoms with van der Waals surface area (Å²) in [5.41, 5.74) is 5.27. The van der Waals surface area contributed by atoms with Gasteiger partial charge in [0.1, 0.15) is 0 Å². The zero-order chi connectivity index (χ0) is 15.8. The Morgan fingerprint density at radius 1 is 1.09 bits per heavy atom. The van der Waals surface area contributed by atoms with Gasteiger partial charge in [0.2, 0.25) is 0 Å². The van der Waals surface area contributed by atoms with Gasteiger partial charge in [-0.1, -0.05) is 43.0 Å². The lowest BCUT2D eigenvalue weighted by atomic mass is 9.86. The zero-order valence-electron chi connectivity index (χ0n) is 13.3. The van der Waals surface area contributed by atoms with E-state index in [-0.39, 0.29) is 0 Å². The number of hydrogen-bond donors (Lipinski definition) is 0. The number of nitrogens with zero attached hydrogens (tertiary/aromatic N) is 3. The first-order valence-corrected chi connectivity index (χ1v) is 8.72. The first kappa shape index (κ1) is 14.7. The Morgan fingerprint density at radius 3 is 2.70 bits per heavy atom. The van der Waals surface area contributed by atoms with Crippen LogP contribution in [0.3, 0.4) is 0 Å². The predicted molar refractivity (Wildman–Crippen MR) is 94.0 cm³/mol. The molecule has 118 valence electrons. The molecule has 2 aromatic heterocycles. The second-order valence-corrected chi connectivity index (χ2v) is 6.90. The fourth-order valence-corrected chi connectivity index (χ4v) is 3.80. The van der Waals surface area contributed by atoms with Crippen LogP contribution in [0.2, 0.25) is 5.02 Å². The molecule has 1 aromatic carbocycles. The normalized spacial score (nSPS) is 16.1. The molecule has 1 saturated carbocycles. The average molecular weight is 326 g/mol. The van der Waals surface area contributed by atoms with Crippen LogP contribution in [0.4, 0.5) is 0 Å². The molecule has 0 spiro atoms. The minimum absolute atomic E-state index is 0.597. The zero-order valence-corrected chi connectivity index (χ0v) is 14.1. The van der Waals surface area contributed by atoms with Crippen LogP contribution >= 0.6 is 11.6 Å². The van der Waals surface area contributed by atoms with E-state index in [4.69, 9.17) is 16.7 Å². The van der Waals surface area contributed by atoms with E-state index in [9.17, 15) is 0 Å². The smallest absolute Gasteiger partial charge is 0.156 e. The van der Waals surface area contributed by atoms with E-state index in [1.807, 2.05) is 28.8 Å². The fraction of sp³-hybridized carbons (Fsp3) is 0.368. The van der Waals surface area contributed by atoms with Gasteiger partial charge in [0.15, 0.2) is 5.65 Å². The van der Waals surface area contributed by atoms with Crippen molar-refractivity contribution in [2.24, 2.45) is 0 Å². The highest BCUT2D eigenvalue weighted by Gasteiger charge is 2.20. The number of benzene rings is 1. The molecule has 4 rings (SSSR count). The molecule has 3 nitrogen and oxygen atoms in total. The molecule has 0 amide bonds. The monoisotopic (exact) mass is 325 g/mol. The Morgan fingerprint density at radius 2 is 1.91 bits per heavy atom. The van der Waals surface area contributed by atoms with E-state index >= 15 is 0 Å². The minimum atomic E-state index is 0.597. The molecular weight excluding hydrogens is 306 g/mol. The maximum atomic E-state index is 6.12. The molecule has 0 bridgehead atoms. The maximum absolute atomic E-state index is 6.12. The van der Waals surface area contributed by atoms with Crippen LogP contribution in [0.25, 0.3) is 16.9 Å².